The molecule has 0 saturated carbocycles. The second-order valence-corrected chi connectivity index (χ2v) is 8.40. The second-order valence-electron chi connectivity index (χ2n) is 6.75. The third-order valence-electron chi connectivity index (χ3n) is 4.68. The standard InChI is InChI=1S/C20H23N3O4S/c1-4-20(25)21-16-7-8-19(13(2)11-16)28(26,27)22-17-6-5-15-9-10-23(14(3)24)18(15)12-17/h5-8,11-12,22H,4,9-10H2,1-3H3,(H,21,25). The van der Waals surface area contributed by atoms with E-state index >= 15 is 0 Å². The van der Waals surface area contributed by atoms with E-state index < -0.39 is 10.0 Å². The Kier molecular flexibility index (Phi) is 5.42. The smallest absolute Gasteiger partial charge is 0.262 e. The minimum absolute atomic E-state index is 0.0701. The molecule has 148 valence electrons. The van der Waals surface area contributed by atoms with Gasteiger partial charge in [0.25, 0.3) is 10.0 Å². The van der Waals surface area contributed by atoms with E-state index in [4.69, 9.17) is 0 Å². The monoisotopic (exact) mass is 401 g/mol. The van der Waals surface area contributed by atoms with Crippen molar-refractivity contribution in [1.82, 2.24) is 0 Å². The molecule has 2 aromatic rings. The zero-order valence-corrected chi connectivity index (χ0v) is 16.9. The molecule has 8 heteroatoms. The number of carbonyl (C=O) groups excluding carboxylic acids is 2. The summed E-state index contributed by atoms with van der Waals surface area (Å²) < 4.78 is 28.3. The van der Waals surface area contributed by atoms with Crippen LogP contribution >= 0.6 is 0 Å². The summed E-state index contributed by atoms with van der Waals surface area (Å²) >= 11 is 0. The normalized spacial score (nSPS) is 13.2. The molecule has 0 bridgehead atoms. The van der Waals surface area contributed by atoms with Crippen molar-refractivity contribution in [1.29, 1.82) is 0 Å². The maximum absolute atomic E-state index is 12.8. The van der Waals surface area contributed by atoms with E-state index in [2.05, 4.69) is 10.0 Å². The van der Waals surface area contributed by atoms with Crippen LogP contribution in [0.4, 0.5) is 17.1 Å². The molecule has 3 rings (SSSR count). The van der Waals surface area contributed by atoms with Crippen LogP contribution in [0.1, 0.15) is 31.4 Å². The molecule has 7 nitrogen and oxygen atoms in total. The number of sulfonamides is 1. The van der Waals surface area contributed by atoms with Gasteiger partial charge in [0.05, 0.1) is 10.6 Å². The fourth-order valence-corrected chi connectivity index (χ4v) is 4.54. The van der Waals surface area contributed by atoms with Crippen molar-refractivity contribution in [2.45, 2.75) is 38.5 Å². The van der Waals surface area contributed by atoms with Crippen molar-refractivity contribution < 1.29 is 18.0 Å². The van der Waals surface area contributed by atoms with Gasteiger partial charge in [0.2, 0.25) is 11.8 Å². The largest absolute Gasteiger partial charge is 0.326 e. The SMILES string of the molecule is CCC(=O)Nc1ccc(S(=O)(=O)Nc2ccc3c(c2)N(C(C)=O)CC3)c(C)c1. The molecule has 0 unspecified atom stereocenters. The maximum Gasteiger partial charge on any atom is 0.262 e. The molecule has 0 radical (unpaired) electrons. The minimum Gasteiger partial charge on any atom is -0.326 e. The molecule has 1 aliphatic rings. The summed E-state index contributed by atoms with van der Waals surface area (Å²) in [6.45, 7) is 5.52. The van der Waals surface area contributed by atoms with Crippen LogP contribution in [0, 0.1) is 6.92 Å². The zero-order valence-electron chi connectivity index (χ0n) is 16.1. The van der Waals surface area contributed by atoms with Crippen molar-refractivity contribution in [3.8, 4) is 0 Å². The highest BCUT2D eigenvalue weighted by atomic mass is 32.2. The highest BCUT2D eigenvalue weighted by Crippen LogP contribution is 2.32. The van der Waals surface area contributed by atoms with Gasteiger partial charge < -0.3 is 10.2 Å². The van der Waals surface area contributed by atoms with Crippen molar-refractivity contribution in [2.75, 3.05) is 21.5 Å². The first-order chi connectivity index (χ1) is 13.2. The van der Waals surface area contributed by atoms with Crippen molar-refractivity contribution in [3.63, 3.8) is 0 Å². The lowest BCUT2D eigenvalue weighted by Crippen LogP contribution is -2.25. The van der Waals surface area contributed by atoms with Gasteiger partial charge in [0.1, 0.15) is 0 Å². The molecule has 0 aliphatic carbocycles. The Bertz CT molecular complexity index is 1050. The number of anilines is 3. The second kappa shape index (κ2) is 7.63. The van der Waals surface area contributed by atoms with Crippen LogP contribution in [0.5, 0.6) is 0 Å². The number of hydrogen-bond donors (Lipinski definition) is 2. The maximum atomic E-state index is 12.8. The molecule has 0 saturated heterocycles. The molecule has 28 heavy (non-hydrogen) atoms. The van der Waals surface area contributed by atoms with E-state index in [0.29, 0.717) is 29.9 Å². The van der Waals surface area contributed by atoms with Crippen molar-refractivity contribution in [3.05, 3.63) is 47.5 Å². The van der Waals surface area contributed by atoms with Gasteiger partial charge in [0, 0.05) is 31.3 Å². The molecule has 0 aromatic heterocycles. The summed E-state index contributed by atoms with van der Waals surface area (Å²) in [7, 11) is -3.82. The summed E-state index contributed by atoms with van der Waals surface area (Å²) in [5.74, 6) is -0.208. The summed E-state index contributed by atoms with van der Waals surface area (Å²) in [6, 6.07) is 9.89. The van der Waals surface area contributed by atoms with Crippen molar-refractivity contribution >= 4 is 38.9 Å². The highest BCUT2D eigenvalue weighted by molar-refractivity contribution is 7.92. The lowest BCUT2D eigenvalue weighted by atomic mass is 10.1. The van der Waals surface area contributed by atoms with Crippen LogP contribution in [-0.4, -0.2) is 26.8 Å². The minimum atomic E-state index is -3.82. The number of hydrogen-bond acceptors (Lipinski definition) is 4. The summed E-state index contributed by atoms with van der Waals surface area (Å²) in [5.41, 5.74) is 3.23. The van der Waals surface area contributed by atoms with Crippen LogP contribution < -0.4 is 14.9 Å². The van der Waals surface area contributed by atoms with Crippen LogP contribution in [0.25, 0.3) is 0 Å². The van der Waals surface area contributed by atoms with E-state index in [9.17, 15) is 18.0 Å². The third-order valence-corrected chi connectivity index (χ3v) is 6.22. The first-order valence-electron chi connectivity index (χ1n) is 9.05. The van der Waals surface area contributed by atoms with Crippen LogP contribution in [0.15, 0.2) is 41.3 Å². The Balaban J connectivity index is 1.86. The van der Waals surface area contributed by atoms with Crippen LogP contribution in [0.2, 0.25) is 0 Å². The number of benzene rings is 2. The first kappa shape index (κ1) is 19.9. The summed E-state index contributed by atoms with van der Waals surface area (Å²) in [6.07, 6.45) is 1.10. The molecule has 0 atom stereocenters. The number of fused-ring (bicyclic) bond motifs is 1. The van der Waals surface area contributed by atoms with E-state index in [-0.39, 0.29) is 16.7 Å². The number of nitrogens with one attached hydrogen (secondary N) is 2. The van der Waals surface area contributed by atoms with Gasteiger partial charge in [-0.15, -0.1) is 0 Å². The van der Waals surface area contributed by atoms with E-state index in [1.54, 1.807) is 43.0 Å². The summed E-state index contributed by atoms with van der Waals surface area (Å²) in [4.78, 5) is 25.0. The van der Waals surface area contributed by atoms with E-state index in [0.717, 1.165) is 17.7 Å². The first-order valence-corrected chi connectivity index (χ1v) is 10.5. The van der Waals surface area contributed by atoms with Gasteiger partial charge in [0.15, 0.2) is 0 Å². The van der Waals surface area contributed by atoms with Gasteiger partial charge in [-0.1, -0.05) is 13.0 Å². The molecule has 2 N–H and O–H groups in total. The molecule has 1 heterocycles. The van der Waals surface area contributed by atoms with E-state index in [1.807, 2.05) is 6.07 Å². The Labute approximate surface area is 164 Å². The Morgan fingerprint density at radius 3 is 2.46 bits per heavy atom. The average Bonchev–Trinajstić information content (AvgIpc) is 3.04. The van der Waals surface area contributed by atoms with Crippen molar-refractivity contribution in [2.24, 2.45) is 0 Å². The van der Waals surface area contributed by atoms with Gasteiger partial charge in [-0.3, -0.25) is 14.3 Å². The van der Waals surface area contributed by atoms with Gasteiger partial charge >= 0.3 is 0 Å². The molecular formula is C20H23N3O4S. The number of carbonyl (C=O) groups is 2. The van der Waals surface area contributed by atoms with Crippen LogP contribution in [-0.2, 0) is 26.0 Å². The van der Waals surface area contributed by atoms with Gasteiger partial charge in [-0.2, -0.15) is 0 Å². The number of amides is 2. The highest BCUT2D eigenvalue weighted by Gasteiger charge is 2.24. The molecule has 0 spiro atoms. The summed E-state index contributed by atoms with van der Waals surface area (Å²) in [5, 5.41) is 2.71. The van der Waals surface area contributed by atoms with Gasteiger partial charge in [-0.05, 0) is 54.8 Å². The lowest BCUT2D eigenvalue weighted by molar-refractivity contribution is -0.117. The quantitative estimate of drug-likeness (QED) is 0.805. The van der Waals surface area contributed by atoms with E-state index in [1.165, 1.54) is 13.0 Å². The fraction of sp³-hybridized carbons (Fsp3) is 0.300. The number of nitrogens with zero attached hydrogens (tertiary/aromatic N) is 1. The fourth-order valence-electron chi connectivity index (χ4n) is 3.26. The Morgan fingerprint density at radius 1 is 1.11 bits per heavy atom. The predicted octanol–water partition coefficient (Wildman–Crippen LogP) is 3.05. The molecule has 0 fully saturated rings. The Hall–Kier alpha value is -2.87. The molecular weight excluding hydrogens is 378 g/mol. The topological polar surface area (TPSA) is 95.6 Å². The molecule has 1 aliphatic heterocycles. The average molecular weight is 401 g/mol. The Morgan fingerprint density at radius 2 is 1.82 bits per heavy atom. The predicted molar refractivity (Wildman–Crippen MR) is 109 cm³/mol. The number of aryl methyl sites for hydroxylation is 1. The molecule has 2 aromatic carbocycles. The molecule has 2 amide bonds. The number of rotatable bonds is 5. The van der Waals surface area contributed by atoms with Crippen LogP contribution in [0.3, 0.4) is 0 Å². The lowest BCUT2D eigenvalue weighted by Gasteiger charge is -2.17. The third kappa shape index (κ3) is 4.01. The van der Waals surface area contributed by atoms with Gasteiger partial charge in [-0.25, -0.2) is 8.42 Å². The zero-order chi connectivity index (χ0) is 20.5.